The van der Waals surface area contributed by atoms with Gasteiger partial charge in [0.2, 0.25) is 0 Å². The molecule has 0 radical (unpaired) electrons. The minimum atomic E-state index is -4.18. The van der Waals surface area contributed by atoms with Gasteiger partial charge in [-0.2, -0.15) is 13.2 Å². The summed E-state index contributed by atoms with van der Waals surface area (Å²) in [5, 5.41) is 0. The predicted octanol–water partition coefficient (Wildman–Crippen LogP) is 4.36. The highest BCUT2D eigenvalue weighted by atomic mass is 19.4. The van der Waals surface area contributed by atoms with Crippen LogP contribution in [0.5, 0.6) is 0 Å². The van der Waals surface area contributed by atoms with Crippen molar-refractivity contribution in [1.82, 2.24) is 9.97 Å². The molecular weight excluding hydrogens is 303 g/mol. The molecule has 1 unspecified atom stereocenters. The molecule has 23 heavy (non-hydrogen) atoms. The van der Waals surface area contributed by atoms with Gasteiger partial charge in [0.15, 0.2) is 5.82 Å². The molecule has 0 aliphatic rings. The van der Waals surface area contributed by atoms with Crippen molar-refractivity contribution < 1.29 is 13.2 Å². The standard InChI is InChI=1S/C17H20F3N3/c1-3-12-9-22-16(23-10-12)13-4-5-14(11(2)8-13)15(21)6-7-17(18,19)20/h4-5,8-10,15H,3,6-7,21H2,1-2H3. The first-order valence-corrected chi connectivity index (χ1v) is 7.54. The molecule has 0 saturated carbocycles. The Morgan fingerprint density at radius 3 is 2.35 bits per heavy atom. The Kier molecular flexibility index (Phi) is 5.36. The van der Waals surface area contributed by atoms with Crippen molar-refractivity contribution in [3.63, 3.8) is 0 Å². The maximum absolute atomic E-state index is 12.3. The number of nitrogens with zero attached hydrogens (tertiary/aromatic N) is 2. The van der Waals surface area contributed by atoms with Crippen LogP contribution in [0.2, 0.25) is 0 Å². The summed E-state index contributed by atoms with van der Waals surface area (Å²) in [5.74, 6) is 0.598. The molecule has 0 aliphatic heterocycles. The van der Waals surface area contributed by atoms with Gasteiger partial charge in [0.1, 0.15) is 0 Å². The Balaban J connectivity index is 2.16. The smallest absolute Gasteiger partial charge is 0.324 e. The average Bonchev–Trinajstić information content (AvgIpc) is 2.52. The fraction of sp³-hybridized carbons (Fsp3) is 0.412. The fourth-order valence-corrected chi connectivity index (χ4v) is 2.39. The summed E-state index contributed by atoms with van der Waals surface area (Å²) in [6.07, 6.45) is -0.754. The number of hydrogen-bond acceptors (Lipinski definition) is 3. The topological polar surface area (TPSA) is 51.8 Å². The van der Waals surface area contributed by atoms with Crippen LogP contribution in [0.3, 0.4) is 0 Å². The molecule has 1 heterocycles. The van der Waals surface area contributed by atoms with Crippen LogP contribution in [0.4, 0.5) is 13.2 Å². The molecule has 2 rings (SSSR count). The molecule has 0 bridgehead atoms. The third-order valence-electron chi connectivity index (χ3n) is 3.78. The first-order valence-electron chi connectivity index (χ1n) is 7.54. The van der Waals surface area contributed by atoms with Gasteiger partial charge in [-0.3, -0.25) is 0 Å². The van der Waals surface area contributed by atoms with Crippen molar-refractivity contribution in [2.75, 3.05) is 0 Å². The highest BCUT2D eigenvalue weighted by molar-refractivity contribution is 5.57. The summed E-state index contributed by atoms with van der Waals surface area (Å²) < 4.78 is 36.9. The summed E-state index contributed by atoms with van der Waals surface area (Å²) >= 11 is 0. The zero-order valence-corrected chi connectivity index (χ0v) is 13.2. The number of aryl methyl sites for hydroxylation is 2. The lowest BCUT2D eigenvalue weighted by Gasteiger charge is -2.16. The minimum Gasteiger partial charge on any atom is -0.324 e. The molecular formula is C17H20F3N3. The maximum Gasteiger partial charge on any atom is 0.389 e. The van der Waals surface area contributed by atoms with Crippen molar-refractivity contribution in [3.8, 4) is 11.4 Å². The molecule has 0 amide bonds. The number of nitrogens with two attached hydrogens (primary N) is 1. The lowest BCUT2D eigenvalue weighted by atomic mass is 9.96. The van der Waals surface area contributed by atoms with E-state index in [1.54, 1.807) is 24.5 Å². The lowest BCUT2D eigenvalue weighted by molar-refractivity contribution is -0.136. The van der Waals surface area contributed by atoms with E-state index in [1.807, 2.05) is 19.9 Å². The Bertz CT molecular complexity index is 651. The molecule has 1 aromatic heterocycles. The quantitative estimate of drug-likeness (QED) is 0.889. The van der Waals surface area contributed by atoms with Gasteiger partial charge in [-0.05, 0) is 42.5 Å². The van der Waals surface area contributed by atoms with Crippen molar-refractivity contribution in [2.24, 2.45) is 5.73 Å². The van der Waals surface area contributed by atoms with Crippen molar-refractivity contribution in [3.05, 3.63) is 47.3 Å². The number of benzene rings is 1. The van der Waals surface area contributed by atoms with Gasteiger partial charge >= 0.3 is 6.18 Å². The van der Waals surface area contributed by atoms with E-state index in [4.69, 9.17) is 5.73 Å². The number of hydrogen-bond donors (Lipinski definition) is 1. The Morgan fingerprint density at radius 1 is 1.17 bits per heavy atom. The van der Waals surface area contributed by atoms with Crippen LogP contribution in [0, 0.1) is 6.92 Å². The van der Waals surface area contributed by atoms with E-state index in [0.29, 0.717) is 5.82 Å². The average molecular weight is 323 g/mol. The molecule has 0 fully saturated rings. The van der Waals surface area contributed by atoms with E-state index in [2.05, 4.69) is 9.97 Å². The summed E-state index contributed by atoms with van der Waals surface area (Å²) in [6, 6.07) is 4.80. The lowest BCUT2D eigenvalue weighted by Crippen LogP contribution is -2.16. The largest absolute Gasteiger partial charge is 0.389 e. The summed E-state index contributed by atoms with van der Waals surface area (Å²) in [5.41, 5.74) is 9.35. The molecule has 0 saturated heterocycles. The molecule has 6 heteroatoms. The van der Waals surface area contributed by atoms with Crippen molar-refractivity contribution >= 4 is 0 Å². The molecule has 124 valence electrons. The van der Waals surface area contributed by atoms with Crippen LogP contribution in [0.15, 0.2) is 30.6 Å². The van der Waals surface area contributed by atoms with Crippen molar-refractivity contribution in [1.29, 1.82) is 0 Å². The third kappa shape index (κ3) is 4.76. The van der Waals surface area contributed by atoms with Crippen LogP contribution in [0.1, 0.15) is 42.5 Å². The van der Waals surface area contributed by atoms with Crippen LogP contribution in [0.25, 0.3) is 11.4 Å². The molecule has 2 N–H and O–H groups in total. The fourth-order valence-electron chi connectivity index (χ4n) is 2.39. The zero-order chi connectivity index (χ0) is 17.0. The van der Waals surface area contributed by atoms with Gasteiger partial charge in [-0.15, -0.1) is 0 Å². The van der Waals surface area contributed by atoms with Gasteiger partial charge in [0, 0.05) is 30.4 Å². The normalized spacial score (nSPS) is 13.1. The molecule has 2 aromatic rings. The molecule has 1 atom stereocenters. The van der Waals surface area contributed by atoms with Crippen LogP contribution in [-0.2, 0) is 6.42 Å². The van der Waals surface area contributed by atoms with Crippen molar-refractivity contribution in [2.45, 2.75) is 45.3 Å². The minimum absolute atomic E-state index is 0.120. The first-order chi connectivity index (χ1) is 10.8. The third-order valence-corrected chi connectivity index (χ3v) is 3.78. The second-order valence-corrected chi connectivity index (χ2v) is 5.60. The van der Waals surface area contributed by atoms with Crippen LogP contribution < -0.4 is 5.73 Å². The van der Waals surface area contributed by atoms with Gasteiger partial charge in [0.05, 0.1) is 0 Å². The number of halogens is 3. The van der Waals surface area contributed by atoms with Gasteiger partial charge < -0.3 is 5.73 Å². The summed E-state index contributed by atoms with van der Waals surface area (Å²) in [6.45, 7) is 3.87. The van der Waals surface area contributed by atoms with Gasteiger partial charge in [0.25, 0.3) is 0 Å². The highest BCUT2D eigenvalue weighted by Crippen LogP contribution is 2.29. The number of rotatable bonds is 5. The zero-order valence-electron chi connectivity index (χ0n) is 13.2. The molecule has 0 aliphatic carbocycles. The summed E-state index contributed by atoms with van der Waals surface area (Å²) in [7, 11) is 0. The first kappa shape index (κ1) is 17.4. The second-order valence-electron chi connectivity index (χ2n) is 5.60. The van der Waals surface area contributed by atoms with Gasteiger partial charge in [-0.1, -0.05) is 19.1 Å². The van der Waals surface area contributed by atoms with E-state index >= 15 is 0 Å². The maximum atomic E-state index is 12.3. The van der Waals surface area contributed by atoms with Crippen LogP contribution in [-0.4, -0.2) is 16.1 Å². The Hall–Kier alpha value is -1.95. The van der Waals surface area contributed by atoms with E-state index in [1.165, 1.54) is 0 Å². The molecule has 1 aromatic carbocycles. The highest BCUT2D eigenvalue weighted by Gasteiger charge is 2.28. The second kappa shape index (κ2) is 7.08. The monoisotopic (exact) mass is 323 g/mol. The Morgan fingerprint density at radius 2 is 1.83 bits per heavy atom. The van der Waals surface area contributed by atoms with Gasteiger partial charge in [-0.25, -0.2) is 9.97 Å². The molecule has 0 spiro atoms. The summed E-state index contributed by atoms with van der Waals surface area (Å²) in [4.78, 5) is 8.63. The number of aromatic nitrogens is 2. The molecule has 3 nitrogen and oxygen atoms in total. The predicted molar refractivity (Wildman–Crippen MR) is 83.8 cm³/mol. The number of alkyl halides is 3. The SMILES string of the molecule is CCc1cnc(-c2ccc(C(N)CCC(F)(F)F)c(C)c2)nc1. The van der Waals surface area contributed by atoms with Crippen LogP contribution >= 0.6 is 0 Å². The van der Waals surface area contributed by atoms with E-state index in [0.717, 1.165) is 28.7 Å². The van der Waals surface area contributed by atoms with E-state index in [-0.39, 0.29) is 6.42 Å². The Labute approximate surface area is 133 Å². The van der Waals surface area contributed by atoms with E-state index in [9.17, 15) is 13.2 Å². The van der Waals surface area contributed by atoms with E-state index < -0.39 is 18.6 Å².